The summed E-state index contributed by atoms with van der Waals surface area (Å²) in [5.74, 6) is 1.33. The van der Waals surface area contributed by atoms with Crippen LogP contribution in [0.3, 0.4) is 0 Å². The van der Waals surface area contributed by atoms with E-state index in [0.717, 1.165) is 22.0 Å². The Bertz CT molecular complexity index is 1060. The minimum atomic E-state index is -0.287. The average molecular weight is 423 g/mol. The smallest absolute Gasteiger partial charge is 0.273 e. The maximum Gasteiger partial charge on any atom is 0.273 e. The highest BCUT2D eigenvalue weighted by Crippen LogP contribution is 2.39. The van der Waals surface area contributed by atoms with Gasteiger partial charge in [-0.2, -0.15) is 0 Å². The van der Waals surface area contributed by atoms with Gasteiger partial charge in [0.1, 0.15) is 17.9 Å². The predicted octanol–water partition coefficient (Wildman–Crippen LogP) is 3.87. The first-order valence-electron chi connectivity index (χ1n) is 9.74. The van der Waals surface area contributed by atoms with Crippen LogP contribution >= 0.6 is 11.3 Å². The summed E-state index contributed by atoms with van der Waals surface area (Å²) in [5, 5.41) is 5.49. The number of ether oxygens (including phenoxy) is 3. The topological polar surface area (TPSA) is 72.9 Å². The maximum absolute atomic E-state index is 13.2. The van der Waals surface area contributed by atoms with Gasteiger partial charge in [0.15, 0.2) is 16.6 Å². The van der Waals surface area contributed by atoms with Crippen LogP contribution < -0.4 is 14.8 Å². The minimum absolute atomic E-state index is 0.0947. The van der Waals surface area contributed by atoms with Crippen molar-refractivity contribution in [3.63, 3.8) is 0 Å². The van der Waals surface area contributed by atoms with Gasteiger partial charge in [-0.05, 0) is 23.3 Å². The van der Waals surface area contributed by atoms with Crippen LogP contribution in [-0.4, -0.2) is 42.7 Å². The molecule has 3 heterocycles. The quantitative estimate of drug-likeness (QED) is 0.687. The predicted molar refractivity (Wildman–Crippen MR) is 113 cm³/mol. The Balaban J connectivity index is 1.45. The Morgan fingerprint density at radius 2 is 1.83 bits per heavy atom. The summed E-state index contributed by atoms with van der Waals surface area (Å²) < 4.78 is 17.4. The van der Waals surface area contributed by atoms with Crippen molar-refractivity contribution in [1.29, 1.82) is 0 Å². The van der Waals surface area contributed by atoms with Crippen LogP contribution in [0.2, 0.25) is 0 Å². The SMILES string of the molecule is CNc1nc(C(=O)N2C[C@@H](c3ccccc3)O[C@@H](c3ccc4c(c3)OCO4)C2)cs1. The van der Waals surface area contributed by atoms with E-state index in [4.69, 9.17) is 14.2 Å². The molecule has 8 heteroatoms. The van der Waals surface area contributed by atoms with Crippen LogP contribution in [0.1, 0.15) is 33.8 Å². The van der Waals surface area contributed by atoms with E-state index in [1.165, 1.54) is 11.3 Å². The number of fused-ring (bicyclic) bond motifs is 1. The van der Waals surface area contributed by atoms with Gasteiger partial charge in [0, 0.05) is 12.4 Å². The van der Waals surface area contributed by atoms with Crippen LogP contribution in [0.4, 0.5) is 5.13 Å². The van der Waals surface area contributed by atoms with Crippen LogP contribution in [0.25, 0.3) is 0 Å². The summed E-state index contributed by atoms with van der Waals surface area (Å²) in [4.78, 5) is 19.4. The molecule has 0 aliphatic carbocycles. The lowest BCUT2D eigenvalue weighted by Gasteiger charge is -2.38. The summed E-state index contributed by atoms with van der Waals surface area (Å²) in [6.45, 7) is 1.13. The highest BCUT2D eigenvalue weighted by Gasteiger charge is 2.34. The highest BCUT2D eigenvalue weighted by molar-refractivity contribution is 7.13. The molecule has 3 aromatic rings. The molecule has 5 rings (SSSR count). The molecule has 0 unspecified atom stereocenters. The van der Waals surface area contributed by atoms with Crippen LogP contribution in [-0.2, 0) is 4.74 Å². The van der Waals surface area contributed by atoms with E-state index >= 15 is 0 Å². The first-order chi connectivity index (χ1) is 14.7. The van der Waals surface area contributed by atoms with Crippen LogP contribution in [0, 0.1) is 0 Å². The molecular formula is C22H21N3O4S. The lowest BCUT2D eigenvalue weighted by atomic mass is 10.0. The second-order valence-corrected chi connectivity index (χ2v) is 7.99. The van der Waals surface area contributed by atoms with Gasteiger partial charge in [0.2, 0.25) is 6.79 Å². The summed E-state index contributed by atoms with van der Waals surface area (Å²) >= 11 is 1.42. The molecule has 2 aliphatic rings. The first-order valence-corrected chi connectivity index (χ1v) is 10.6. The van der Waals surface area contributed by atoms with E-state index in [0.29, 0.717) is 24.5 Å². The molecule has 1 N–H and O–H groups in total. The molecule has 2 atom stereocenters. The van der Waals surface area contributed by atoms with Crippen LogP contribution in [0.15, 0.2) is 53.9 Å². The number of thiazole rings is 1. The van der Waals surface area contributed by atoms with Gasteiger partial charge in [-0.15, -0.1) is 11.3 Å². The summed E-state index contributed by atoms with van der Waals surface area (Å²) in [6, 6.07) is 15.8. The van der Waals surface area contributed by atoms with Crippen molar-refractivity contribution in [2.45, 2.75) is 12.2 Å². The molecular weight excluding hydrogens is 402 g/mol. The van der Waals surface area contributed by atoms with Crippen molar-refractivity contribution in [2.24, 2.45) is 0 Å². The molecule has 1 aromatic heterocycles. The fraction of sp³-hybridized carbons (Fsp3) is 0.273. The minimum Gasteiger partial charge on any atom is -0.454 e. The zero-order chi connectivity index (χ0) is 20.5. The third kappa shape index (κ3) is 3.59. The number of aromatic nitrogens is 1. The van der Waals surface area contributed by atoms with E-state index in [1.807, 2.05) is 53.4 Å². The number of rotatable bonds is 4. The number of hydrogen-bond donors (Lipinski definition) is 1. The lowest BCUT2D eigenvalue weighted by molar-refractivity contribution is -0.0798. The standard InChI is InChI=1S/C22H21N3O4S/c1-23-22-24-16(12-30-22)21(26)25-10-19(14-5-3-2-4-6-14)29-20(11-25)15-7-8-17-18(9-15)28-13-27-17/h2-9,12,19-20H,10-11,13H2,1H3,(H,23,24)/t19-,20+/m0/s1. The largest absolute Gasteiger partial charge is 0.454 e. The van der Waals surface area contributed by atoms with Crippen molar-refractivity contribution in [3.8, 4) is 11.5 Å². The second kappa shape index (κ2) is 7.97. The van der Waals surface area contributed by atoms with Crippen LogP contribution in [0.5, 0.6) is 11.5 Å². The number of hydrogen-bond acceptors (Lipinski definition) is 7. The van der Waals surface area contributed by atoms with E-state index in [9.17, 15) is 4.79 Å². The third-order valence-corrected chi connectivity index (χ3v) is 6.12. The Hall–Kier alpha value is -3.10. The number of nitrogens with zero attached hydrogens (tertiary/aromatic N) is 2. The summed E-state index contributed by atoms with van der Waals surface area (Å²) in [6.07, 6.45) is -0.522. The van der Waals surface area contributed by atoms with Gasteiger partial charge < -0.3 is 24.4 Å². The maximum atomic E-state index is 13.2. The van der Waals surface area contributed by atoms with E-state index in [2.05, 4.69) is 10.3 Å². The molecule has 0 spiro atoms. The molecule has 1 amide bonds. The molecule has 1 saturated heterocycles. The van der Waals surface area contributed by atoms with Crippen molar-refractivity contribution < 1.29 is 19.0 Å². The number of anilines is 1. The molecule has 0 radical (unpaired) electrons. The van der Waals surface area contributed by atoms with E-state index < -0.39 is 0 Å². The number of carbonyl (C=O) groups excluding carboxylic acids is 1. The Morgan fingerprint density at radius 1 is 1.07 bits per heavy atom. The molecule has 0 saturated carbocycles. The zero-order valence-electron chi connectivity index (χ0n) is 16.4. The van der Waals surface area contributed by atoms with Crippen molar-refractivity contribution in [1.82, 2.24) is 9.88 Å². The first kappa shape index (κ1) is 18.9. The van der Waals surface area contributed by atoms with Crippen molar-refractivity contribution in [3.05, 3.63) is 70.7 Å². The summed E-state index contributed by atoms with van der Waals surface area (Å²) in [5.41, 5.74) is 2.43. The Kier molecular flexibility index (Phi) is 5.02. The molecule has 7 nitrogen and oxygen atoms in total. The molecule has 154 valence electrons. The zero-order valence-corrected chi connectivity index (χ0v) is 17.2. The van der Waals surface area contributed by atoms with Gasteiger partial charge in [-0.25, -0.2) is 4.98 Å². The molecule has 0 bridgehead atoms. The number of nitrogens with one attached hydrogen (secondary N) is 1. The van der Waals surface area contributed by atoms with Crippen molar-refractivity contribution >= 4 is 22.4 Å². The van der Waals surface area contributed by atoms with Gasteiger partial charge in [-0.3, -0.25) is 4.79 Å². The molecule has 30 heavy (non-hydrogen) atoms. The van der Waals surface area contributed by atoms with Gasteiger partial charge in [0.05, 0.1) is 13.1 Å². The third-order valence-electron chi connectivity index (χ3n) is 5.27. The Morgan fingerprint density at radius 3 is 2.60 bits per heavy atom. The normalized spacial score (nSPS) is 20.2. The number of carbonyl (C=O) groups is 1. The number of amides is 1. The summed E-state index contributed by atoms with van der Waals surface area (Å²) in [7, 11) is 1.79. The molecule has 2 aromatic carbocycles. The molecule has 1 fully saturated rings. The van der Waals surface area contributed by atoms with Gasteiger partial charge in [-0.1, -0.05) is 36.4 Å². The molecule has 2 aliphatic heterocycles. The van der Waals surface area contributed by atoms with E-state index in [1.54, 1.807) is 12.4 Å². The number of morpholine rings is 1. The number of benzene rings is 2. The second-order valence-electron chi connectivity index (χ2n) is 7.13. The Labute approximate surface area is 178 Å². The average Bonchev–Trinajstić information content (AvgIpc) is 3.48. The van der Waals surface area contributed by atoms with E-state index in [-0.39, 0.29) is 24.9 Å². The fourth-order valence-electron chi connectivity index (χ4n) is 3.72. The fourth-order valence-corrected chi connectivity index (χ4v) is 4.37. The van der Waals surface area contributed by atoms with Gasteiger partial charge >= 0.3 is 0 Å². The van der Waals surface area contributed by atoms with Gasteiger partial charge in [0.25, 0.3) is 5.91 Å². The lowest BCUT2D eigenvalue weighted by Crippen LogP contribution is -2.43. The monoisotopic (exact) mass is 423 g/mol. The highest BCUT2D eigenvalue weighted by atomic mass is 32.1. The van der Waals surface area contributed by atoms with Crippen molar-refractivity contribution in [2.75, 3.05) is 32.2 Å².